The van der Waals surface area contributed by atoms with E-state index in [0.717, 1.165) is 15.2 Å². The van der Waals surface area contributed by atoms with Gasteiger partial charge >= 0.3 is 5.97 Å². The van der Waals surface area contributed by atoms with E-state index in [1.165, 1.54) is 7.11 Å². The zero-order valence-electron chi connectivity index (χ0n) is 15.6. The van der Waals surface area contributed by atoms with Crippen LogP contribution in [0.4, 0.5) is 5.69 Å². The summed E-state index contributed by atoms with van der Waals surface area (Å²) < 4.78 is 16.5. The molecule has 0 unspecified atom stereocenters. The molecule has 0 aliphatic rings. The number of methoxy groups -OCH3 is 2. The Kier molecular flexibility index (Phi) is 6.44. The van der Waals surface area contributed by atoms with Gasteiger partial charge in [-0.1, -0.05) is 12.1 Å². The smallest absolute Gasteiger partial charge is 0.306 e. The number of rotatable bonds is 8. The molecule has 0 atom stereocenters. The van der Waals surface area contributed by atoms with Crippen molar-refractivity contribution in [2.75, 3.05) is 26.1 Å². The van der Waals surface area contributed by atoms with E-state index in [1.807, 2.05) is 24.3 Å². The number of aromatic nitrogens is 1. The van der Waals surface area contributed by atoms with Gasteiger partial charge in [-0.05, 0) is 24.3 Å². The Bertz CT molecular complexity index is 953. The molecule has 1 amide bonds. The number of thiazole rings is 1. The standard InChI is InChI=1S/C20H20N2O5S/c1-25-13-7-8-14(16(11-13)26-2)21-18(23)12-27-20(24)10-9-19-22-15-5-3-4-6-17(15)28-19/h3-8,11H,9-10,12H2,1-2H3,(H,21,23). The number of nitrogens with zero attached hydrogens (tertiary/aromatic N) is 1. The number of hydrogen-bond donors (Lipinski definition) is 1. The molecule has 28 heavy (non-hydrogen) atoms. The van der Waals surface area contributed by atoms with Gasteiger partial charge in [0.2, 0.25) is 0 Å². The molecule has 0 spiro atoms. The zero-order valence-corrected chi connectivity index (χ0v) is 16.4. The van der Waals surface area contributed by atoms with Gasteiger partial charge in [0.15, 0.2) is 6.61 Å². The summed E-state index contributed by atoms with van der Waals surface area (Å²) in [4.78, 5) is 28.5. The fraction of sp³-hybridized carbons (Fsp3) is 0.250. The van der Waals surface area contributed by atoms with Crippen LogP contribution in [-0.2, 0) is 20.7 Å². The van der Waals surface area contributed by atoms with Crippen LogP contribution in [0.25, 0.3) is 10.2 Å². The minimum absolute atomic E-state index is 0.166. The summed E-state index contributed by atoms with van der Waals surface area (Å²) in [7, 11) is 3.04. The number of para-hydroxylation sites is 1. The lowest BCUT2D eigenvalue weighted by molar-refractivity contribution is -0.147. The first-order valence-electron chi connectivity index (χ1n) is 8.61. The van der Waals surface area contributed by atoms with Crippen LogP contribution in [0.3, 0.4) is 0 Å². The van der Waals surface area contributed by atoms with Crippen LogP contribution in [0, 0.1) is 0 Å². The SMILES string of the molecule is COc1ccc(NC(=O)COC(=O)CCc2nc3ccccc3s2)c(OC)c1. The molecule has 2 aromatic carbocycles. The lowest BCUT2D eigenvalue weighted by atomic mass is 10.2. The third-order valence-electron chi connectivity index (χ3n) is 3.93. The molecule has 0 saturated carbocycles. The monoisotopic (exact) mass is 400 g/mol. The maximum atomic E-state index is 12.0. The van der Waals surface area contributed by atoms with Crippen molar-refractivity contribution in [3.63, 3.8) is 0 Å². The zero-order chi connectivity index (χ0) is 19.9. The molecule has 1 aromatic heterocycles. The Morgan fingerprint density at radius 1 is 1.11 bits per heavy atom. The number of anilines is 1. The second-order valence-electron chi connectivity index (χ2n) is 5.85. The van der Waals surface area contributed by atoms with Gasteiger partial charge in [-0.3, -0.25) is 9.59 Å². The maximum absolute atomic E-state index is 12.0. The van der Waals surface area contributed by atoms with Crippen LogP contribution in [0.5, 0.6) is 11.5 Å². The molecule has 0 saturated heterocycles. The third-order valence-corrected chi connectivity index (χ3v) is 5.02. The highest BCUT2D eigenvalue weighted by atomic mass is 32.1. The number of esters is 1. The molecule has 1 heterocycles. The third kappa shape index (κ3) is 4.98. The van der Waals surface area contributed by atoms with E-state index in [2.05, 4.69) is 10.3 Å². The summed E-state index contributed by atoms with van der Waals surface area (Å²) in [6.45, 7) is -0.367. The minimum Gasteiger partial charge on any atom is -0.497 e. The minimum atomic E-state index is -0.448. The average molecular weight is 400 g/mol. The molecule has 0 fully saturated rings. The van der Waals surface area contributed by atoms with Crippen LogP contribution < -0.4 is 14.8 Å². The molecule has 0 radical (unpaired) electrons. The fourth-order valence-corrected chi connectivity index (χ4v) is 3.51. The fourth-order valence-electron chi connectivity index (χ4n) is 2.54. The predicted molar refractivity (Wildman–Crippen MR) is 107 cm³/mol. The van der Waals surface area contributed by atoms with Crippen molar-refractivity contribution in [1.82, 2.24) is 4.98 Å². The van der Waals surface area contributed by atoms with Crippen LogP contribution in [-0.4, -0.2) is 37.7 Å². The number of ether oxygens (including phenoxy) is 3. The van der Waals surface area contributed by atoms with Gasteiger partial charge < -0.3 is 19.5 Å². The Balaban J connectivity index is 1.47. The van der Waals surface area contributed by atoms with E-state index < -0.39 is 11.9 Å². The summed E-state index contributed by atoms with van der Waals surface area (Å²) in [5.74, 6) is 0.166. The Labute approximate surface area is 166 Å². The normalized spacial score (nSPS) is 10.5. The predicted octanol–water partition coefficient (Wildman–Crippen LogP) is 3.43. The average Bonchev–Trinajstić information content (AvgIpc) is 3.14. The molecule has 0 bridgehead atoms. The van der Waals surface area contributed by atoms with E-state index in [1.54, 1.807) is 36.6 Å². The summed E-state index contributed by atoms with van der Waals surface area (Å²) in [5.41, 5.74) is 1.39. The van der Waals surface area contributed by atoms with E-state index in [4.69, 9.17) is 14.2 Å². The Morgan fingerprint density at radius 2 is 1.93 bits per heavy atom. The number of carbonyl (C=O) groups excluding carboxylic acids is 2. The number of nitrogens with one attached hydrogen (secondary N) is 1. The van der Waals surface area contributed by atoms with Crippen molar-refractivity contribution in [2.24, 2.45) is 0 Å². The van der Waals surface area contributed by atoms with E-state index >= 15 is 0 Å². The first-order valence-corrected chi connectivity index (χ1v) is 9.42. The summed E-state index contributed by atoms with van der Waals surface area (Å²) in [6, 6.07) is 12.8. The van der Waals surface area contributed by atoms with Crippen LogP contribution in [0.2, 0.25) is 0 Å². The second kappa shape index (κ2) is 9.18. The highest BCUT2D eigenvalue weighted by Crippen LogP contribution is 2.29. The van der Waals surface area contributed by atoms with Crippen LogP contribution in [0.15, 0.2) is 42.5 Å². The summed E-state index contributed by atoms with van der Waals surface area (Å²) in [6.07, 6.45) is 0.644. The van der Waals surface area contributed by atoms with Gasteiger partial charge in [0.1, 0.15) is 11.5 Å². The van der Waals surface area contributed by atoms with Gasteiger partial charge in [0, 0.05) is 12.5 Å². The first-order chi connectivity index (χ1) is 13.6. The van der Waals surface area contributed by atoms with E-state index in [9.17, 15) is 9.59 Å². The number of aryl methyl sites for hydroxylation is 1. The molecule has 0 aliphatic carbocycles. The molecular weight excluding hydrogens is 380 g/mol. The number of benzene rings is 2. The quantitative estimate of drug-likeness (QED) is 0.583. The Hall–Kier alpha value is -3.13. The first kappa shape index (κ1) is 19.6. The highest BCUT2D eigenvalue weighted by Gasteiger charge is 2.12. The van der Waals surface area contributed by atoms with Crippen molar-refractivity contribution in [3.8, 4) is 11.5 Å². The van der Waals surface area contributed by atoms with Gasteiger partial charge in [0.05, 0.1) is 41.6 Å². The van der Waals surface area contributed by atoms with Gasteiger partial charge in [-0.15, -0.1) is 11.3 Å². The molecule has 146 valence electrons. The van der Waals surface area contributed by atoms with Crippen molar-refractivity contribution in [3.05, 3.63) is 47.5 Å². The second-order valence-corrected chi connectivity index (χ2v) is 6.97. The molecule has 0 aliphatic heterocycles. The molecule has 3 rings (SSSR count). The van der Waals surface area contributed by atoms with Crippen molar-refractivity contribution in [2.45, 2.75) is 12.8 Å². The number of amides is 1. The maximum Gasteiger partial charge on any atom is 0.306 e. The largest absolute Gasteiger partial charge is 0.497 e. The number of hydrogen-bond acceptors (Lipinski definition) is 7. The van der Waals surface area contributed by atoms with Gasteiger partial charge in [-0.25, -0.2) is 4.98 Å². The van der Waals surface area contributed by atoms with Crippen molar-refractivity contribution in [1.29, 1.82) is 0 Å². The molecule has 3 aromatic rings. The molecule has 7 nitrogen and oxygen atoms in total. The topological polar surface area (TPSA) is 86.8 Å². The van der Waals surface area contributed by atoms with Crippen molar-refractivity contribution < 1.29 is 23.8 Å². The lowest BCUT2D eigenvalue weighted by Crippen LogP contribution is -2.21. The van der Waals surface area contributed by atoms with Crippen molar-refractivity contribution >= 4 is 39.1 Å². The Morgan fingerprint density at radius 3 is 2.68 bits per heavy atom. The summed E-state index contributed by atoms with van der Waals surface area (Å²) >= 11 is 1.55. The highest BCUT2D eigenvalue weighted by molar-refractivity contribution is 7.18. The van der Waals surface area contributed by atoms with Gasteiger partial charge in [-0.2, -0.15) is 0 Å². The summed E-state index contributed by atoms with van der Waals surface area (Å²) in [5, 5.41) is 3.52. The molecular formula is C20H20N2O5S. The van der Waals surface area contributed by atoms with E-state index in [-0.39, 0.29) is 13.0 Å². The van der Waals surface area contributed by atoms with Crippen LogP contribution >= 0.6 is 11.3 Å². The number of fused-ring (bicyclic) bond motifs is 1. The van der Waals surface area contributed by atoms with Gasteiger partial charge in [0.25, 0.3) is 5.91 Å². The lowest BCUT2D eigenvalue weighted by Gasteiger charge is -2.11. The van der Waals surface area contributed by atoms with E-state index in [0.29, 0.717) is 23.6 Å². The molecule has 1 N–H and O–H groups in total. The molecule has 8 heteroatoms. The number of carbonyl (C=O) groups is 2. The van der Waals surface area contributed by atoms with Crippen LogP contribution in [0.1, 0.15) is 11.4 Å².